The third-order valence-electron chi connectivity index (χ3n) is 12.4. The number of fused-ring (bicyclic) bond motifs is 4. The molecule has 0 aliphatic carbocycles. The van der Waals surface area contributed by atoms with Crippen molar-refractivity contribution < 1.29 is 87.9 Å². The second kappa shape index (κ2) is 17.0. The molecule has 6 aliphatic heterocycles. The molecule has 1 atom stereocenters. The third kappa shape index (κ3) is 8.15. The van der Waals surface area contributed by atoms with Crippen molar-refractivity contribution in [1.29, 1.82) is 0 Å². The van der Waals surface area contributed by atoms with Gasteiger partial charge in [0.2, 0.25) is 15.4 Å². The van der Waals surface area contributed by atoms with Crippen molar-refractivity contribution in [3.8, 4) is 11.5 Å². The molecule has 1 N–H and O–H groups in total. The van der Waals surface area contributed by atoms with E-state index in [0.717, 1.165) is 106 Å². The topological polar surface area (TPSA) is 240 Å². The molecule has 324 valence electrons. The van der Waals surface area contributed by atoms with Crippen LogP contribution < -0.4 is 59.1 Å². The Kier molecular flexibility index (Phi) is 12.3. The molecule has 0 bridgehead atoms. The van der Waals surface area contributed by atoms with Crippen molar-refractivity contribution in [1.82, 2.24) is 14.4 Å². The fraction of sp³-hybridized carbons (Fsp3) is 0.463. The Balaban J connectivity index is 0.00000529. The first-order valence-corrected chi connectivity index (χ1v) is 24.9. The summed E-state index contributed by atoms with van der Waals surface area (Å²) in [6.07, 6.45) is 6.33. The van der Waals surface area contributed by atoms with Crippen LogP contribution in [-0.2, 0) is 75.2 Å². The monoisotopic (exact) mass is 918 g/mol. The largest absolute Gasteiger partial charge is 1.00 e. The number of hydrogen-bond donors (Lipinski definition) is 1. The molecule has 62 heavy (non-hydrogen) atoms. The van der Waals surface area contributed by atoms with Crippen molar-refractivity contribution >= 4 is 59.3 Å². The zero-order valence-corrected chi connectivity index (χ0v) is 38.5. The number of rotatable bonds is 12. The number of aryl methyl sites for hydroxylation is 2. The molecule has 0 radical (unpaired) electrons. The van der Waals surface area contributed by atoms with Crippen LogP contribution in [0.15, 0.2) is 40.1 Å². The van der Waals surface area contributed by atoms with Gasteiger partial charge in [0.1, 0.15) is 50.1 Å². The molecule has 6 heterocycles. The summed E-state index contributed by atoms with van der Waals surface area (Å²) in [6, 6.07) is 7.74. The van der Waals surface area contributed by atoms with Crippen molar-refractivity contribution in [2.75, 3.05) is 37.6 Å². The number of carbonyl (C=O) groups is 3. The Morgan fingerprint density at radius 1 is 0.839 bits per heavy atom. The number of ether oxygens (including phenoxy) is 1. The van der Waals surface area contributed by atoms with Crippen molar-refractivity contribution in [2.45, 2.75) is 98.5 Å². The minimum absolute atomic E-state index is 0. The smallest absolute Gasteiger partial charge is 0.747 e. The van der Waals surface area contributed by atoms with Gasteiger partial charge in [-0.15, -0.1) is 5.06 Å². The van der Waals surface area contributed by atoms with Crippen LogP contribution in [0.3, 0.4) is 0 Å². The fourth-order valence-corrected chi connectivity index (χ4v) is 12.4. The van der Waals surface area contributed by atoms with Crippen molar-refractivity contribution in [2.24, 2.45) is 0 Å². The molecule has 2 amide bonds. The van der Waals surface area contributed by atoms with Gasteiger partial charge < -0.3 is 23.6 Å². The van der Waals surface area contributed by atoms with E-state index >= 15 is 0 Å². The van der Waals surface area contributed by atoms with Gasteiger partial charge in [0.25, 0.3) is 11.8 Å². The van der Waals surface area contributed by atoms with Crippen LogP contribution in [0.2, 0.25) is 0 Å². The van der Waals surface area contributed by atoms with Crippen molar-refractivity contribution in [3.63, 3.8) is 0 Å². The first kappa shape index (κ1) is 44.9. The summed E-state index contributed by atoms with van der Waals surface area (Å²) in [5.74, 6) is -2.31. The molecule has 1 unspecified atom stereocenters. The van der Waals surface area contributed by atoms with Crippen LogP contribution in [0.5, 0.6) is 11.5 Å². The number of hydroxylamine groups is 2. The Morgan fingerprint density at radius 3 is 2.27 bits per heavy atom. The zero-order valence-electron chi connectivity index (χ0n) is 34.1. The van der Waals surface area contributed by atoms with E-state index in [1.54, 1.807) is 0 Å². The van der Waals surface area contributed by atoms with Gasteiger partial charge in [-0.05, 0) is 81.2 Å². The van der Waals surface area contributed by atoms with Gasteiger partial charge in [-0.3, -0.25) is 9.59 Å². The summed E-state index contributed by atoms with van der Waals surface area (Å²) in [6.45, 7) is 3.61. The van der Waals surface area contributed by atoms with Crippen LogP contribution in [0.4, 0.5) is 5.69 Å². The minimum atomic E-state index is -5.25. The SMILES string of the molecule is O=C(CCCCCNS(=O)(=O)c1ccc(C2=c3cc4c5c(c3Oc3c2cc2c6c3CCCN6CCC2)CCC[N+]=5CCC4)c(S(=O)(=O)[O-])c1)ON1C(=O)CC(S(=O)(=O)[O-])C1=O.[Na+]. The molecular weight excluding hydrogens is 876 g/mol. The molecule has 21 heteroatoms. The summed E-state index contributed by atoms with van der Waals surface area (Å²) in [5.41, 5.74) is 6.86. The van der Waals surface area contributed by atoms with E-state index in [1.807, 2.05) is 0 Å². The van der Waals surface area contributed by atoms with E-state index in [-0.39, 0.29) is 72.4 Å². The molecule has 9 rings (SSSR count). The van der Waals surface area contributed by atoms with E-state index in [9.17, 15) is 48.7 Å². The average Bonchev–Trinajstić information content (AvgIpc) is 3.50. The van der Waals surface area contributed by atoms with Gasteiger partial charge in [-0.2, -0.15) is 0 Å². The van der Waals surface area contributed by atoms with Crippen LogP contribution in [0, 0.1) is 0 Å². The number of anilines is 1. The van der Waals surface area contributed by atoms with E-state index in [0.29, 0.717) is 27.9 Å². The Hall–Kier alpha value is -3.73. The summed E-state index contributed by atoms with van der Waals surface area (Å²) in [5, 5.41) is -0.338. The van der Waals surface area contributed by atoms with Crippen LogP contribution in [0.1, 0.15) is 91.2 Å². The first-order chi connectivity index (χ1) is 29.0. The molecule has 3 aromatic carbocycles. The molecule has 0 spiro atoms. The summed E-state index contributed by atoms with van der Waals surface area (Å²) in [7, 11) is -14.7. The number of amides is 2. The number of nitrogens with one attached hydrogen (secondary N) is 1. The number of nitrogens with zero attached hydrogens (tertiary/aromatic N) is 3. The number of carbonyl (C=O) groups excluding carboxylic acids is 3. The Labute approximate surface area is 380 Å². The zero-order chi connectivity index (χ0) is 43.0. The van der Waals surface area contributed by atoms with Gasteiger partial charge in [-0.25, -0.2) is 39.3 Å². The number of benzene rings is 3. The molecule has 3 aromatic rings. The maximum Gasteiger partial charge on any atom is 1.00 e. The molecule has 1 saturated heterocycles. The quantitative estimate of drug-likeness (QED) is 0.0532. The molecule has 0 aromatic heterocycles. The Morgan fingerprint density at radius 2 is 1.55 bits per heavy atom. The van der Waals surface area contributed by atoms with Crippen LogP contribution in [0.25, 0.3) is 5.57 Å². The Bertz CT molecular complexity index is 2920. The second-order valence-corrected chi connectivity index (χ2v) is 21.0. The maximum absolute atomic E-state index is 13.6. The number of unbranched alkanes of at least 4 members (excludes halogenated alkanes) is 2. The number of hydrogen-bond acceptors (Lipinski definition) is 14. The van der Waals surface area contributed by atoms with E-state index < -0.39 is 69.5 Å². The van der Waals surface area contributed by atoms with Crippen LogP contribution in [-0.4, -0.2) is 95.2 Å². The van der Waals surface area contributed by atoms with Gasteiger partial charge in [0, 0.05) is 77.6 Å². The molecule has 6 aliphatic rings. The van der Waals surface area contributed by atoms with Crippen LogP contribution >= 0.6 is 0 Å². The normalized spacial score (nSPS) is 19.2. The van der Waals surface area contributed by atoms with E-state index in [4.69, 9.17) is 4.74 Å². The van der Waals surface area contributed by atoms with E-state index in [1.165, 1.54) is 23.2 Å². The predicted octanol–water partition coefficient (Wildman–Crippen LogP) is -2.00. The first-order valence-electron chi connectivity index (χ1n) is 20.6. The van der Waals surface area contributed by atoms with Gasteiger partial charge in [0.05, 0.1) is 21.8 Å². The molecule has 17 nitrogen and oxygen atoms in total. The number of imide groups is 1. The summed E-state index contributed by atoms with van der Waals surface area (Å²) in [4.78, 5) is 42.3. The number of sulfonamides is 1. The average molecular weight is 919 g/mol. The summed E-state index contributed by atoms with van der Waals surface area (Å²) < 4.78 is 112. The standard InChI is InChI=1S/C41H44N4O13S3.Na/c46-34-23-33(61(54,55)56)41(48)45(34)58-35(47)12-2-1-3-15-42-59(49,50)26-13-14-27(32(22-26)60(51,52)53)36-30-20-24-8-4-16-43-18-6-10-28(37(24)43)39(30)57-40-29-11-7-19-44-17-5-9-25(38(29)44)21-31(36)40;/h13-14,20-22,33,42H,1-12,15-19,23H2,(H-,51,52,53,54,55,56);/q;+1/p-1. The van der Waals surface area contributed by atoms with Gasteiger partial charge in [0.15, 0.2) is 0 Å². The minimum Gasteiger partial charge on any atom is -0.747 e. The summed E-state index contributed by atoms with van der Waals surface area (Å²) >= 11 is 0. The third-order valence-corrected chi connectivity index (χ3v) is 15.8. The predicted molar refractivity (Wildman–Crippen MR) is 214 cm³/mol. The maximum atomic E-state index is 13.6. The molecule has 1 fully saturated rings. The second-order valence-electron chi connectivity index (χ2n) is 16.3. The fourth-order valence-electron chi connectivity index (χ4n) is 9.80. The van der Waals surface area contributed by atoms with Crippen molar-refractivity contribution in [3.05, 3.63) is 74.3 Å². The van der Waals surface area contributed by atoms with Gasteiger partial charge >= 0.3 is 35.5 Å². The van der Waals surface area contributed by atoms with E-state index in [2.05, 4.69) is 31.2 Å². The van der Waals surface area contributed by atoms with Gasteiger partial charge in [-0.1, -0.05) is 12.5 Å². The molecule has 0 saturated carbocycles. The molecular formula is C41H43N4NaO13S3.